The zero-order valence-electron chi connectivity index (χ0n) is 25.1. The van der Waals surface area contributed by atoms with E-state index in [0.717, 1.165) is 62.4 Å². The van der Waals surface area contributed by atoms with Crippen LogP contribution < -0.4 is 15.6 Å². The second kappa shape index (κ2) is 14.2. The second-order valence-corrected chi connectivity index (χ2v) is 13.1. The molecule has 0 bridgehead atoms. The number of likely N-dealkylation sites (tertiary alicyclic amines) is 1. The zero-order chi connectivity index (χ0) is 32.0. The van der Waals surface area contributed by atoms with Crippen LogP contribution in [-0.4, -0.2) is 105 Å². The lowest BCUT2D eigenvalue weighted by Crippen LogP contribution is -2.51. The van der Waals surface area contributed by atoms with Gasteiger partial charge in [0.2, 0.25) is 5.91 Å². The van der Waals surface area contributed by atoms with E-state index in [9.17, 15) is 26.4 Å². The van der Waals surface area contributed by atoms with Gasteiger partial charge in [0.1, 0.15) is 6.54 Å². The smallest absolute Gasteiger partial charge is 0.382 e. The molecule has 5 rings (SSSR count). The summed E-state index contributed by atoms with van der Waals surface area (Å²) in [5.74, 6) is 5.66. The number of likely N-dealkylation sites (N-methyl/N-ethyl adjacent to an activating group) is 1. The minimum atomic E-state index is -4.47. The van der Waals surface area contributed by atoms with Gasteiger partial charge in [-0.15, -0.1) is 4.83 Å². The number of halogens is 3. The van der Waals surface area contributed by atoms with Gasteiger partial charge in [-0.1, -0.05) is 30.2 Å². The molecule has 0 atom stereocenters. The van der Waals surface area contributed by atoms with Crippen molar-refractivity contribution in [2.45, 2.75) is 36.5 Å². The summed E-state index contributed by atoms with van der Waals surface area (Å²) in [5.41, 5.74) is 3.80. The number of nitrogens with zero attached hydrogens (tertiary/aromatic N) is 4. The van der Waals surface area contributed by atoms with Crippen LogP contribution in [0.15, 0.2) is 59.5 Å². The average Bonchev–Trinajstić information content (AvgIpc) is 3.35. The molecule has 3 N–H and O–H groups in total. The van der Waals surface area contributed by atoms with E-state index in [1.807, 2.05) is 11.0 Å². The van der Waals surface area contributed by atoms with E-state index in [-0.39, 0.29) is 29.1 Å². The Balaban J connectivity index is 1.23. The van der Waals surface area contributed by atoms with Crippen LogP contribution in [0.2, 0.25) is 0 Å². The van der Waals surface area contributed by atoms with Crippen molar-refractivity contribution >= 4 is 32.5 Å². The van der Waals surface area contributed by atoms with Crippen LogP contribution in [-0.2, 0) is 21.4 Å². The minimum Gasteiger partial charge on any atom is -0.382 e. The number of hydrogen-bond donors (Lipinski definition) is 3. The molecule has 3 heterocycles. The maximum Gasteiger partial charge on any atom is 0.406 e. The molecule has 0 spiro atoms. The molecular formula is C31H38F3N7O3S. The summed E-state index contributed by atoms with van der Waals surface area (Å²) in [6.45, 7) is 3.83. The fourth-order valence-electron chi connectivity index (χ4n) is 5.63. The Hall–Kier alpha value is -3.61. The number of piperidine rings is 1. The van der Waals surface area contributed by atoms with E-state index in [4.69, 9.17) is 0 Å². The second-order valence-electron chi connectivity index (χ2n) is 11.4. The molecule has 2 saturated heterocycles. The number of sulfonamides is 1. The molecular weight excluding hydrogens is 607 g/mol. The molecule has 10 nitrogen and oxygen atoms in total. The fraction of sp³-hybridized carbons (Fsp3) is 0.452. The number of amides is 1. The molecule has 1 amide bonds. The molecule has 1 aromatic heterocycles. The van der Waals surface area contributed by atoms with Crippen LogP contribution >= 0.6 is 0 Å². The van der Waals surface area contributed by atoms with Crippen molar-refractivity contribution in [3.8, 4) is 11.8 Å². The van der Waals surface area contributed by atoms with E-state index < -0.39 is 22.7 Å². The lowest BCUT2D eigenvalue weighted by Gasteiger charge is -2.36. The summed E-state index contributed by atoms with van der Waals surface area (Å²) in [6, 6.07) is 14.7. The SMILES string of the molecule is CN1CCN(C(=O)CN2CCC(Nc3cccc4c3cc(C#CCNNS(=O)(=O)c3ccccc3)n4CC(F)(F)F)CC2)CC1. The first-order chi connectivity index (χ1) is 21.5. The van der Waals surface area contributed by atoms with Crippen molar-refractivity contribution in [3.05, 3.63) is 60.3 Å². The Morgan fingerprint density at radius 3 is 2.38 bits per heavy atom. The van der Waals surface area contributed by atoms with Gasteiger partial charge in [-0.05, 0) is 56.1 Å². The summed E-state index contributed by atoms with van der Waals surface area (Å²) < 4.78 is 66.6. The molecule has 3 aromatic rings. The summed E-state index contributed by atoms with van der Waals surface area (Å²) in [4.78, 5) is 21.4. The number of alkyl halides is 3. The number of benzene rings is 2. The quantitative estimate of drug-likeness (QED) is 0.187. The Kier molecular flexibility index (Phi) is 10.4. The number of hydrogen-bond acceptors (Lipinski definition) is 7. The molecule has 2 aliphatic heterocycles. The van der Waals surface area contributed by atoms with E-state index >= 15 is 0 Å². The number of fused-ring (bicyclic) bond motifs is 1. The fourth-order valence-corrected chi connectivity index (χ4v) is 6.53. The van der Waals surface area contributed by atoms with Crippen LogP contribution in [0, 0.1) is 11.8 Å². The number of hydrazine groups is 1. The van der Waals surface area contributed by atoms with Gasteiger partial charge in [0.25, 0.3) is 10.0 Å². The molecule has 45 heavy (non-hydrogen) atoms. The number of rotatable bonds is 9. The van der Waals surface area contributed by atoms with Gasteiger partial charge in [-0.2, -0.15) is 13.2 Å². The van der Waals surface area contributed by atoms with E-state index in [1.165, 1.54) is 12.1 Å². The monoisotopic (exact) mass is 645 g/mol. The lowest BCUT2D eigenvalue weighted by molar-refractivity contribution is -0.140. The molecule has 0 saturated carbocycles. The summed E-state index contributed by atoms with van der Waals surface area (Å²) in [7, 11) is -1.75. The van der Waals surface area contributed by atoms with Crippen molar-refractivity contribution in [2.24, 2.45) is 0 Å². The first-order valence-corrected chi connectivity index (χ1v) is 16.4. The first kappa shape index (κ1) is 32.8. The van der Waals surface area contributed by atoms with Gasteiger partial charge in [0, 0.05) is 56.4 Å². The maximum atomic E-state index is 13.6. The minimum absolute atomic E-state index is 0.0700. The van der Waals surface area contributed by atoms with Crippen LogP contribution in [0.5, 0.6) is 0 Å². The van der Waals surface area contributed by atoms with E-state index in [1.54, 1.807) is 36.4 Å². The Labute approximate surface area is 261 Å². The highest BCUT2D eigenvalue weighted by molar-refractivity contribution is 7.89. The molecule has 242 valence electrons. The Bertz CT molecular complexity index is 1640. The lowest BCUT2D eigenvalue weighted by atomic mass is 10.0. The molecule has 14 heteroatoms. The normalized spacial score (nSPS) is 17.3. The number of carbonyl (C=O) groups excluding carboxylic acids is 1. The van der Waals surface area contributed by atoms with Crippen molar-refractivity contribution in [3.63, 3.8) is 0 Å². The highest BCUT2D eigenvalue weighted by Crippen LogP contribution is 2.31. The molecule has 2 fully saturated rings. The number of anilines is 1. The summed E-state index contributed by atoms with van der Waals surface area (Å²) in [5, 5.41) is 4.14. The van der Waals surface area contributed by atoms with Crippen molar-refractivity contribution in [1.29, 1.82) is 0 Å². The number of carbonyl (C=O) groups is 1. The number of aromatic nitrogens is 1. The topological polar surface area (TPSA) is 102 Å². The molecule has 0 unspecified atom stereocenters. The zero-order valence-corrected chi connectivity index (χ0v) is 25.9. The van der Waals surface area contributed by atoms with Gasteiger partial charge < -0.3 is 19.7 Å². The molecule has 0 aliphatic carbocycles. The maximum absolute atomic E-state index is 13.6. The van der Waals surface area contributed by atoms with Gasteiger partial charge in [-0.3, -0.25) is 9.69 Å². The van der Waals surface area contributed by atoms with E-state index in [2.05, 4.69) is 44.3 Å². The largest absolute Gasteiger partial charge is 0.406 e. The first-order valence-electron chi connectivity index (χ1n) is 14.9. The van der Waals surface area contributed by atoms with Gasteiger partial charge in [-0.25, -0.2) is 13.8 Å². The predicted molar refractivity (Wildman–Crippen MR) is 167 cm³/mol. The number of piperazine rings is 1. The van der Waals surface area contributed by atoms with Crippen LogP contribution in [0.25, 0.3) is 10.9 Å². The third kappa shape index (κ3) is 8.77. The van der Waals surface area contributed by atoms with Crippen molar-refractivity contribution < 1.29 is 26.4 Å². The van der Waals surface area contributed by atoms with Crippen molar-refractivity contribution in [2.75, 3.05) is 64.7 Å². The van der Waals surface area contributed by atoms with E-state index in [0.29, 0.717) is 17.4 Å². The number of nitrogens with one attached hydrogen (secondary N) is 3. The summed E-state index contributed by atoms with van der Waals surface area (Å²) >= 11 is 0. The predicted octanol–water partition coefficient (Wildman–Crippen LogP) is 2.69. The van der Waals surface area contributed by atoms with Gasteiger partial charge in [0.05, 0.1) is 29.2 Å². The van der Waals surface area contributed by atoms with Crippen LogP contribution in [0.1, 0.15) is 18.5 Å². The average molecular weight is 646 g/mol. The van der Waals surface area contributed by atoms with Crippen LogP contribution in [0.3, 0.4) is 0 Å². The standard InChI is InChI=1S/C31H38F3N7O3S/c1-38-17-19-40(20-18-38)30(42)22-39-15-12-24(13-16-39)36-28-10-5-11-29-27(28)21-25(41(29)23-31(32,33)34)7-6-14-35-37-45(43,44)26-8-3-2-4-9-26/h2-5,8-11,21,24,35-37H,12-20,22-23H2,1H3. The Morgan fingerprint density at radius 1 is 0.978 bits per heavy atom. The third-order valence-corrected chi connectivity index (χ3v) is 9.40. The van der Waals surface area contributed by atoms with Crippen molar-refractivity contribution in [1.82, 2.24) is 29.5 Å². The molecule has 0 radical (unpaired) electrons. The van der Waals surface area contributed by atoms with Gasteiger partial charge in [0.15, 0.2) is 0 Å². The third-order valence-electron chi connectivity index (χ3n) is 8.10. The highest BCUT2D eigenvalue weighted by Gasteiger charge is 2.30. The molecule has 2 aromatic carbocycles. The highest BCUT2D eigenvalue weighted by atomic mass is 32.2. The Morgan fingerprint density at radius 2 is 1.69 bits per heavy atom. The van der Waals surface area contributed by atoms with Gasteiger partial charge >= 0.3 is 6.18 Å². The van der Waals surface area contributed by atoms with Crippen LogP contribution in [0.4, 0.5) is 18.9 Å². The molecule has 2 aliphatic rings. The summed E-state index contributed by atoms with van der Waals surface area (Å²) in [6.07, 6.45) is -2.87.